The predicted molar refractivity (Wildman–Crippen MR) is 103 cm³/mol. The molecule has 3 aromatic rings. The van der Waals surface area contributed by atoms with Gasteiger partial charge in [0, 0.05) is 38.5 Å². The molecule has 0 radical (unpaired) electrons. The van der Waals surface area contributed by atoms with Crippen LogP contribution in [0.5, 0.6) is 11.5 Å². The second-order valence-electron chi connectivity index (χ2n) is 5.67. The zero-order chi connectivity index (χ0) is 19.4. The summed E-state index contributed by atoms with van der Waals surface area (Å²) in [7, 11) is 4.90. The molecular formula is C18H22N4O4S. The first-order valence-corrected chi connectivity index (χ1v) is 9.30. The maximum atomic E-state index is 12.6. The van der Waals surface area contributed by atoms with E-state index in [2.05, 4.69) is 10.1 Å². The molecule has 0 atom stereocenters. The molecule has 8 nitrogen and oxygen atoms in total. The number of amides is 1. The van der Waals surface area contributed by atoms with Crippen molar-refractivity contribution in [1.29, 1.82) is 0 Å². The third-order valence-corrected chi connectivity index (χ3v) is 5.13. The van der Waals surface area contributed by atoms with Crippen LogP contribution in [-0.4, -0.2) is 47.7 Å². The average molecular weight is 390 g/mol. The van der Waals surface area contributed by atoms with Gasteiger partial charge in [0.1, 0.15) is 5.69 Å². The molecule has 3 rings (SSSR count). The number of carbonyl (C=O) groups is 1. The van der Waals surface area contributed by atoms with Gasteiger partial charge in [0.15, 0.2) is 16.3 Å². The van der Waals surface area contributed by atoms with Crippen LogP contribution in [0.2, 0.25) is 0 Å². The van der Waals surface area contributed by atoms with E-state index in [1.807, 2.05) is 23.6 Å². The van der Waals surface area contributed by atoms with E-state index in [4.69, 9.17) is 14.2 Å². The molecule has 0 unspecified atom stereocenters. The Morgan fingerprint density at radius 2 is 2.00 bits per heavy atom. The minimum Gasteiger partial charge on any atom is -0.493 e. The predicted octanol–water partition coefficient (Wildman–Crippen LogP) is 2.23. The van der Waals surface area contributed by atoms with Crippen molar-refractivity contribution in [2.24, 2.45) is 12.0 Å². The van der Waals surface area contributed by atoms with Crippen LogP contribution in [0.25, 0.3) is 10.2 Å². The minimum absolute atomic E-state index is 0.342. The van der Waals surface area contributed by atoms with E-state index in [0.29, 0.717) is 41.8 Å². The lowest BCUT2D eigenvalue weighted by molar-refractivity contribution is 0.0987. The molecule has 9 heteroatoms. The zero-order valence-electron chi connectivity index (χ0n) is 15.8. The SMILES string of the molecule is CCOCCn1c(=NC(=O)c2ccnn2C)sc2cc(OC)c(OC)cc21. The van der Waals surface area contributed by atoms with Gasteiger partial charge in [0.25, 0.3) is 5.91 Å². The fourth-order valence-electron chi connectivity index (χ4n) is 2.73. The maximum absolute atomic E-state index is 12.6. The number of carbonyl (C=O) groups excluding carboxylic acids is 1. The van der Waals surface area contributed by atoms with Gasteiger partial charge in [-0.15, -0.1) is 0 Å². The molecule has 0 saturated carbocycles. The van der Waals surface area contributed by atoms with Gasteiger partial charge in [-0.2, -0.15) is 10.1 Å². The van der Waals surface area contributed by atoms with Crippen molar-refractivity contribution in [3.05, 3.63) is 34.9 Å². The molecule has 0 aliphatic heterocycles. The van der Waals surface area contributed by atoms with Gasteiger partial charge in [-0.3, -0.25) is 9.48 Å². The van der Waals surface area contributed by atoms with Crippen LogP contribution < -0.4 is 14.3 Å². The van der Waals surface area contributed by atoms with Crippen molar-refractivity contribution < 1.29 is 19.0 Å². The maximum Gasteiger partial charge on any atom is 0.297 e. The standard InChI is InChI=1S/C18H22N4O4S/c1-5-26-9-8-22-13-10-14(24-3)15(25-4)11-16(13)27-18(22)20-17(23)12-6-7-19-21(12)2/h6-7,10-11H,5,8-9H2,1-4H3. The fourth-order valence-corrected chi connectivity index (χ4v) is 3.79. The minimum atomic E-state index is -0.342. The van der Waals surface area contributed by atoms with Crippen molar-refractivity contribution in [2.75, 3.05) is 27.4 Å². The summed E-state index contributed by atoms with van der Waals surface area (Å²) < 4.78 is 20.7. The number of nitrogens with zero attached hydrogens (tertiary/aromatic N) is 4. The summed E-state index contributed by atoms with van der Waals surface area (Å²) in [5.41, 5.74) is 1.34. The van der Waals surface area contributed by atoms with Gasteiger partial charge >= 0.3 is 0 Å². The molecule has 0 aliphatic carbocycles. The number of thiazole rings is 1. The zero-order valence-corrected chi connectivity index (χ0v) is 16.6. The normalized spacial score (nSPS) is 11.9. The molecule has 0 saturated heterocycles. The van der Waals surface area contributed by atoms with Gasteiger partial charge in [-0.1, -0.05) is 11.3 Å². The Hall–Kier alpha value is -2.65. The number of hydrogen-bond donors (Lipinski definition) is 0. The summed E-state index contributed by atoms with van der Waals surface area (Å²) in [6, 6.07) is 5.43. The smallest absolute Gasteiger partial charge is 0.297 e. The monoisotopic (exact) mass is 390 g/mol. The number of fused-ring (bicyclic) bond motifs is 1. The number of methoxy groups -OCH3 is 2. The quantitative estimate of drug-likeness (QED) is 0.578. The topological polar surface area (TPSA) is 79.9 Å². The summed E-state index contributed by atoms with van der Waals surface area (Å²) in [5.74, 6) is 0.913. The average Bonchev–Trinajstić information content (AvgIpc) is 3.24. The molecule has 2 heterocycles. The summed E-state index contributed by atoms with van der Waals surface area (Å²) in [6.45, 7) is 3.66. The van der Waals surface area contributed by atoms with E-state index < -0.39 is 0 Å². The van der Waals surface area contributed by atoms with Crippen LogP contribution in [0.15, 0.2) is 29.4 Å². The van der Waals surface area contributed by atoms with Crippen molar-refractivity contribution in [3.63, 3.8) is 0 Å². The van der Waals surface area contributed by atoms with Gasteiger partial charge in [-0.25, -0.2) is 0 Å². The summed E-state index contributed by atoms with van der Waals surface area (Å²) in [5, 5.41) is 4.03. The van der Waals surface area contributed by atoms with E-state index in [1.165, 1.54) is 16.0 Å². The molecule has 0 bridgehead atoms. The first-order valence-electron chi connectivity index (χ1n) is 8.49. The number of benzene rings is 1. The molecule has 0 N–H and O–H groups in total. The van der Waals surface area contributed by atoms with Crippen molar-refractivity contribution in [3.8, 4) is 11.5 Å². The Labute approximate surface area is 160 Å². The van der Waals surface area contributed by atoms with Gasteiger partial charge in [0.05, 0.1) is 31.0 Å². The highest BCUT2D eigenvalue weighted by Crippen LogP contribution is 2.33. The highest BCUT2D eigenvalue weighted by atomic mass is 32.1. The van der Waals surface area contributed by atoms with Crippen LogP contribution in [0, 0.1) is 0 Å². The largest absolute Gasteiger partial charge is 0.493 e. The number of aryl methyl sites for hydroxylation is 1. The number of hydrogen-bond acceptors (Lipinski definition) is 6. The lowest BCUT2D eigenvalue weighted by atomic mass is 10.3. The molecule has 1 aromatic carbocycles. The molecule has 2 aromatic heterocycles. The molecule has 0 aliphatic rings. The highest BCUT2D eigenvalue weighted by molar-refractivity contribution is 7.16. The summed E-state index contributed by atoms with van der Waals surface area (Å²) in [4.78, 5) is 17.5. The van der Waals surface area contributed by atoms with Crippen LogP contribution in [0.1, 0.15) is 17.4 Å². The first-order chi connectivity index (χ1) is 13.1. The summed E-state index contributed by atoms with van der Waals surface area (Å²) in [6.07, 6.45) is 1.58. The molecule has 0 fully saturated rings. The van der Waals surface area contributed by atoms with Crippen molar-refractivity contribution >= 4 is 27.5 Å². The molecule has 1 amide bonds. The highest BCUT2D eigenvalue weighted by Gasteiger charge is 2.15. The van der Waals surface area contributed by atoms with Crippen LogP contribution in [-0.2, 0) is 18.3 Å². The van der Waals surface area contributed by atoms with E-state index in [9.17, 15) is 4.79 Å². The van der Waals surface area contributed by atoms with E-state index in [-0.39, 0.29) is 5.91 Å². The molecule has 27 heavy (non-hydrogen) atoms. The Morgan fingerprint density at radius 3 is 2.63 bits per heavy atom. The Morgan fingerprint density at radius 1 is 1.26 bits per heavy atom. The number of aromatic nitrogens is 3. The first kappa shape index (κ1) is 19.1. The lowest BCUT2D eigenvalue weighted by Gasteiger charge is -2.09. The van der Waals surface area contributed by atoms with Gasteiger partial charge in [-0.05, 0) is 13.0 Å². The van der Waals surface area contributed by atoms with Crippen LogP contribution >= 0.6 is 11.3 Å². The Bertz CT molecular complexity index is 1020. The van der Waals surface area contributed by atoms with E-state index in [1.54, 1.807) is 33.5 Å². The van der Waals surface area contributed by atoms with E-state index in [0.717, 1.165) is 10.2 Å². The second-order valence-corrected chi connectivity index (χ2v) is 6.67. The van der Waals surface area contributed by atoms with Crippen LogP contribution in [0.3, 0.4) is 0 Å². The lowest BCUT2D eigenvalue weighted by Crippen LogP contribution is -2.20. The Kier molecular flexibility index (Phi) is 5.92. The second kappa shape index (κ2) is 8.36. The van der Waals surface area contributed by atoms with Crippen LogP contribution in [0.4, 0.5) is 0 Å². The number of ether oxygens (including phenoxy) is 3. The third kappa shape index (κ3) is 3.88. The molecular weight excluding hydrogens is 368 g/mol. The van der Waals surface area contributed by atoms with Crippen molar-refractivity contribution in [1.82, 2.24) is 14.3 Å². The summed E-state index contributed by atoms with van der Waals surface area (Å²) >= 11 is 1.42. The van der Waals surface area contributed by atoms with Crippen molar-refractivity contribution in [2.45, 2.75) is 13.5 Å². The molecule has 0 spiro atoms. The fraction of sp³-hybridized carbons (Fsp3) is 0.389. The van der Waals surface area contributed by atoms with Gasteiger partial charge < -0.3 is 18.8 Å². The van der Waals surface area contributed by atoms with Gasteiger partial charge in [0.2, 0.25) is 0 Å². The number of rotatable bonds is 7. The van der Waals surface area contributed by atoms with E-state index >= 15 is 0 Å². The molecule has 144 valence electrons. The third-order valence-electron chi connectivity index (χ3n) is 4.09. The Balaban J connectivity index is 2.14.